The van der Waals surface area contributed by atoms with E-state index in [2.05, 4.69) is 4.90 Å². The maximum Gasteiger partial charge on any atom is 0.165 e. The monoisotopic (exact) mass is 335 g/mol. The number of hydrogen-bond donors (Lipinski definition) is 1. The van der Waals surface area contributed by atoms with Crippen molar-refractivity contribution in [3.8, 4) is 17.2 Å². The van der Waals surface area contributed by atoms with Crippen LogP contribution in [0, 0.1) is 11.3 Å². The Balaban J connectivity index is 1.55. The number of ether oxygens (including phenoxy) is 4. The molecule has 0 amide bonds. The van der Waals surface area contributed by atoms with Crippen LogP contribution >= 0.6 is 0 Å². The van der Waals surface area contributed by atoms with E-state index in [1.807, 2.05) is 12.1 Å². The molecule has 2 fully saturated rings. The van der Waals surface area contributed by atoms with E-state index in [4.69, 9.17) is 18.9 Å². The molecule has 1 N–H and O–H groups in total. The van der Waals surface area contributed by atoms with Gasteiger partial charge in [-0.1, -0.05) is 0 Å². The first-order valence-corrected chi connectivity index (χ1v) is 8.61. The van der Waals surface area contributed by atoms with Gasteiger partial charge >= 0.3 is 0 Å². The predicted octanol–water partition coefficient (Wildman–Crippen LogP) is 1.30. The number of hydrogen-bond acceptors (Lipinski definition) is 6. The number of fused-ring (bicyclic) bond motifs is 2. The SMILES string of the molecule is COc1cc2c(cc1CN1C[C@@H]3COCC[C@]3(CO)C1)OCCO2. The minimum Gasteiger partial charge on any atom is -0.496 e. The molecule has 0 unspecified atom stereocenters. The van der Waals surface area contributed by atoms with Crippen LogP contribution in [0.25, 0.3) is 0 Å². The summed E-state index contributed by atoms with van der Waals surface area (Å²) in [6.45, 7) is 5.49. The summed E-state index contributed by atoms with van der Waals surface area (Å²) in [6, 6.07) is 3.94. The molecule has 4 rings (SSSR count). The minimum absolute atomic E-state index is 0.0146. The van der Waals surface area contributed by atoms with Gasteiger partial charge in [0.1, 0.15) is 19.0 Å². The number of aliphatic hydroxyl groups is 1. The topological polar surface area (TPSA) is 60.4 Å². The van der Waals surface area contributed by atoms with Crippen molar-refractivity contribution in [3.05, 3.63) is 17.7 Å². The molecule has 3 aliphatic rings. The second-order valence-electron chi connectivity index (χ2n) is 7.02. The van der Waals surface area contributed by atoms with Gasteiger partial charge in [0.05, 0.1) is 20.3 Å². The Kier molecular flexibility index (Phi) is 4.28. The van der Waals surface area contributed by atoms with Gasteiger partial charge in [0, 0.05) is 49.2 Å². The molecule has 0 spiro atoms. The first-order chi connectivity index (χ1) is 11.7. The summed E-state index contributed by atoms with van der Waals surface area (Å²) >= 11 is 0. The molecule has 132 valence electrons. The van der Waals surface area contributed by atoms with Gasteiger partial charge in [0.25, 0.3) is 0 Å². The highest BCUT2D eigenvalue weighted by molar-refractivity contribution is 5.51. The minimum atomic E-state index is -0.0146. The fourth-order valence-corrected chi connectivity index (χ4v) is 4.20. The van der Waals surface area contributed by atoms with Crippen LogP contribution < -0.4 is 14.2 Å². The Morgan fingerprint density at radius 3 is 2.75 bits per heavy atom. The van der Waals surface area contributed by atoms with Gasteiger partial charge in [-0.05, 0) is 12.5 Å². The highest BCUT2D eigenvalue weighted by Gasteiger charge is 2.47. The third-order valence-corrected chi connectivity index (χ3v) is 5.60. The number of benzene rings is 1. The molecule has 0 radical (unpaired) electrons. The summed E-state index contributed by atoms with van der Waals surface area (Å²) < 4.78 is 22.5. The molecule has 1 aromatic rings. The van der Waals surface area contributed by atoms with Crippen LogP contribution in [-0.4, -0.2) is 63.2 Å². The molecule has 6 heteroatoms. The number of aliphatic hydroxyl groups excluding tert-OH is 1. The van der Waals surface area contributed by atoms with Crippen molar-refractivity contribution in [1.29, 1.82) is 0 Å². The van der Waals surface area contributed by atoms with Crippen molar-refractivity contribution in [1.82, 2.24) is 4.90 Å². The van der Waals surface area contributed by atoms with E-state index in [0.717, 1.165) is 62.1 Å². The maximum atomic E-state index is 9.95. The van der Waals surface area contributed by atoms with Gasteiger partial charge in [0.2, 0.25) is 0 Å². The molecular formula is C18H25NO5. The zero-order valence-corrected chi connectivity index (χ0v) is 14.1. The van der Waals surface area contributed by atoms with Gasteiger partial charge < -0.3 is 24.1 Å². The van der Waals surface area contributed by atoms with E-state index in [1.165, 1.54) is 0 Å². The number of rotatable bonds is 4. The van der Waals surface area contributed by atoms with Crippen molar-refractivity contribution in [3.63, 3.8) is 0 Å². The van der Waals surface area contributed by atoms with Crippen molar-refractivity contribution in [2.45, 2.75) is 13.0 Å². The molecule has 0 aromatic heterocycles. The number of likely N-dealkylation sites (tertiary alicyclic amines) is 1. The van der Waals surface area contributed by atoms with Gasteiger partial charge in [0.15, 0.2) is 11.5 Å². The first-order valence-electron chi connectivity index (χ1n) is 8.61. The fraction of sp³-hybridized carbons (Fsp3) is 0.667. The molecule has 2 saturated heterocycles. The van der Waals surface area contributed by atoms with Crippen LogP contribution in [0.4, 0.5) is 0 Å². The summed E-state index contributed by atoms with van der Waals surface area (Å²) in [6.07, 6.45) is 0.933. The summed E-state index contributed by atoms with van der Waals surface area (Å²) in [5, 5.41) is 9.95. The maximum absolute atomic E-state index is 9.95. The van der Waals surface area contributed by atoms with Crippen LogP contribution in [0.1, 0.15) is 12.0 Å². The Bertz CT molecular complexity index is 607. The highest BCUT2D eigenvalue weighted by Crippen LogP contribution is 2.43. The lowest BCUT2D eigenvalue weighted by Gasteiger charge is -2.36. The van der Waals surface area contributed by atoms with E-state index in [0.29, 0.717) is 19.1 Å². The Morgan fingerprint density at radius 1 is 1.25 bits per heavy atom. The van der Waals surface area contributed by atoms with Crippen molar-refractivity contribution >= 4 is 0 Å². The molecule has 2 atom stereocenters. The van der Waals surface area contributed by atoms with Crippen LogP contribution in [0.3, 0.4) is 0 Å². The lowest BCUT2D eigenvalue weighted by atomic mass is 9.75. The van der Waals surface area contributed by atoms with E-state index in [9.17, 15) is 5.11 Å². The summed E-state index contributed by atoms with van der Waals surface area (Å²) in [7, 11) is 1.68. The molecule has 24 heavy (non-hydrogen) atoms. The molecule has 0 saturated carbocycles. The van der Waals surface area contributed by atoms with Gasteiger partial charge in [-0.15, -0.1) is 0 Å². The van der Waals surface area contributed by atoms with E-state index in [-0.39, 0.29) is 12.0 Å². The molecule has 6 nitrogen and oxygen atoms in total. The molecular weight excluding hydrogens is 310 g/mol. The first kappa shape index (κ1) is 16.0. The third kappa shape index (κ3) is 2.72. The number of methoxy groups -OCH3 is 1. The zero-order chi connectivity index (χ0) is 16.6. The lowest BCUT2D eigenvalue weighted by Crippen LogP contribution is -2.41. The van der Waals surface area contributed by atoms with Crippen LogP contribution in [0.15, 0.2) is 12.1 Å². The third-order valence-electron chi connectivity index (χ3n) is 5.60. The van der Waals surface area contributed by atoms with Gasteiger partial charge in [-0.25, -0.2) is 0 Å². The second kappa shape index (κ2) is 6.43. The Labute approximate surface area is 142 Å². The predicted molar refractivity (Wildman–Crippen MR) is 87.7 cm³/mol. The Hall–Kier alpha value is -1.50. The molecule has 0 bridgehead atoms. The van der Waals surface area contributed by atoms with Crippen LogP contribution in [0.2, 0.25) is 0 Å². The van der Waals surface area contributed by atoms with Crippen molar-refractivity contribution in [2.24, 2.45) is 11.3 Å². The molecule has 3 aliphatic heterocycles. The van der Waals surface area contributed by atoms with Crippen LogP contribution in [0.5, 0.6) is 17.2 Å². The summed E-state index contributed by atoms with van der Waals surface area (Å²) in [4.78, 5) is 2.39. The molecule has 0 aliphatic carbocycles. The lowest BCUT2D eigenvalue weighted by molar-refractivity contribution is -0.0417. The van der Waals surface area contributed by atoms with Gasteiger partial charge in [-0.2, -0.15) is 0 Å². The molecule has 1 aromatic carbocycles. The summed E-state index contributed by atoms with van der Waals surface area (Å²) in [5.41, 5.74) is 1.08. The quantitative estimate of drug-likeness (QED) is 0.895. The fourth-order valence-electron chi connectivity index (χ4n) is 4.20. The highest BCUT2D eigenvalue weighted by atomic mass is 16.6. The second-order valence-corrected chi connectivity index (χ2v) is 7.02. The molecule has 3 heterocycles. The smallest absolute Gasteiger partial charge is 0.165 e. The summed E-state index contributed by atoms with van der Waals surface area (Å²) in [5.74, 6) is 2.76. The van der Waals surface area contributed by atoms with Crippen molar-refractivity contribution < 1.29 is 24.1 Å². The Morgan fingerprint density at radius 2 is 2.04 bits per heavy atom. The van der Waals surface area contributed by atoms with Crippen LogP contribution in [-0.2, 0) is 11.3 Å². The zero-order valence-electron chi connectivity index (χ0n) is 14.1. The van der Waals surface area contributed by atoms with E-state index < -0.39 is 0 Å². The number of nitrogens with zero attached hydrogens (tertiary/aromatic N) is 1. The van der Waals surface area contributed by atoms with Gasteiger partial charge in [-0.3, -0.25) is 4.90 Å². The normalized spacial score (nSPS) is 29.3. The van der Waals surface area contributed by atoms with Crippen molar-refractivity contribution in [2.75, 3.05) is 53.2 Å². The van der Waals surface area contributed by atoms with E-state index >= 15 is 0 Å². The average molecular weight is 335 g/mol. The average Bonchev–Trinajstić information content (AvgIpc) is 2.99. The largest absolute Gasteiger partial charge is 0.496 e. The standard InChI is InChI=1S/C18H25NO5/c1-21-15-7-17-16(23-4-5-24-17)6-13(15)8-19-9-14-10-22-3-2-18(14,11-19)12-20/h6-7,14,20H,2-5,8-12H2,1H3/t14-,18-/m1/s1. The van der Waals surface area contributed by atoms with E-state index in [1.54, 1.807) is 7.11 Å².